The summed E-state index contributed by atoms with van der Waals surface area (Å²) in [5.74, 6) is 0. The fraction of sp³-hybridized carbons (Fsp3) is 0.647. The zero-order valence-electron chi connectivity index (χ0n) is 13.3. The molecule has 108 valence electrons. The highest BCUT2D eigenvalue weighted by Gasteiger charge is 2.62. The van der Waals surface area contributed by atoms with Crippen molar-refractivity contribution in [3.8, 4) is 0 Å². The molecule has 1 fully saturated rings. The molecule has 1 aliphatic rings. The molecule has 0 aromatic heterocycles. The molecule has 0 saturated carbocycles. The van der Waals surface area contributed by atoms with E-state index in [1.54, 1.807) is 0 Å². The quantitative estimate of drug-likeness (QED) is 0.817. The molecular weight excluding hydrogens is 236 g/mol. The highest BCUT2D eigenvalue weighted by Crippen LogP contribution is 2.57. The molecule has 2 atom stereocenters. The Hall–Kier alpha value is -0.860. The van der Waals surface area contributed by atoms with Gasteiger partial charge >= 0.3 is 0 Å². The van der Waals surface area contributed by atoms with Crippen molar-refractivity contribution in [2.75, 3.05) is 0 Å². The van der Waals surface area contributed by atoms with Crippen LogP contribution in [0.5, 0.6) is 0 Å². The first-order valence-electron chi connectivity index (χ1n) is 7.15. The predicted octanol–water partition coefficient (Wildman–Crippen LogP) is 4.34. The molecule has 0 amide bonds. The van der Waals surface area contributed by atoms with Gasteiger partial charge in [-0.25, -0.2) is 0 Å². The van der Waals surface area contributed by atoms with Gasteiger partial charge in [0.1, 0.15) is 6.10 Å². The van der Waals surface area contributed by atoms with E-state index in [0.29, 0.717) is 0 Å². The van der Waals surface area contributed by atoms with E-state index in [9.17, 15) is 5.11 Å². The lowest BCUT2D eigenvalue weighted by molar-refractivity contribution is -0.0618. The van der Waals surface area contributed by atoms with Gasteiger partial charge in [0.25, 0.3) is 0 Å². The second kappa shape index (κ2) is 5.26. The van der Waals surface area contributed by atoms with Crippen LogP contribution in [0.1, 0.15) is 60.1 Å². The molecule has 2 heteroatoms. The van der Waals surface area contributed by atoms with Crippen LogP contribution in [0.4, 0.5) is 0 Å². The fourth-order valence-corrected chi connectivity index (χ4v) is 2.51. The van der Waals surface area contributed by atoms with Crippen LogP contribution in [0, 0.1) is 5.41 Å². The molecule has 19 heavy (non-hydrogen) atoms. The molecular formula is C17H28O2. The third-order valence-corrected chi connectivity index (χ3v) is 4.80. The summed E-state index contributed by atoms with van der Waals surface area (Å²) in [5.41, 5.74) is -0.494. The monoisotopic (exact) mass is 264 g/mol. The molecule has 1 heterocycles. The molecule has 1 aromatic carbocycles. The van der Waals surface area contributed by atoms with E-state index >= 15 is 0 Å². The second-order valence-corrected chi connectivity index (χ2v) is 6.19. The van der Waals surface area contributed by atoms with E-state index in [-0.39, 0.29) is 17.1 Å². The zero-order chi connectivity index (χ0) is 14.9. The molecule has 0 bridgehead atoms. The smallest absolute Gasteiger partial charge is 0.112 e. The van der Waals surface area contributed by atoms with E-state index in [0.717, 1.165) is 5.56 Å². The Kier molecular flexibility index (Phi) is 4.48. The van der Waals surface area contributed by atoms with Crippen molar-refractivity contribution in [1.29, 1.82) is 0 Å². The maximum absolute atomic E-state index is 10.8. The lowest BCUT2D eigenvalue weighted by atomic mass is 9.66. The van der Waals surface area contributed by atoms with Crippen molar-refractivity contribution < 1.29 is 9.84 Å². The topological polar surface area (TPSA) is 29.5 Å². The van der Waals surface area contributed by atoms with Crippen LogP contribution in [-0.4, -0.2) is 16.3 Å². The van der Waals surface area contributed by atoms with Gasteiger partial charge in [-0.2, -0.15) is 0 Å². The molecule has 2 nitrogen and oxygen atoms in total. The maximum Gasteiger partial charge on any atom is 0.112 e. The average Bonchev–Trinajstić information content (AvgIpc) is 2.50. The summed E-state index contributed by atoms with van der Waals surface area (Å²) in [7, 11) is 0. The van der Waals surface area contributed by atoms with Gasteiger partial charge in [-0.05, 0) is 26.3 Å². The minimum absolute atomic E-state index is 0.270. The Balaban J connectivity index is 0.000000861. The van der Waals surface area contributed by atoms with Crippen molar-refractivity contribution in [3.63, 3.8) is 0 Å². The maximum atomic E-state index is 10.8. The molecule has 1 aliphatic heterocycles. The lowest BCUT2D eigenvalue weighted by Gasteiger charge is -2.40. The van der Waals surface area contributed by atoms with Crippen LogP contribution in [0.15, 0.2) is 30.3 Å². The van der Waals surface area contributed by atoms with Crippen LogP contribution < -0.4 is 0 Å². The Morgan fingerprint density at radius 1 is 0.947 bits per heavy atom. The number of rotatable bonds is 1. The summed E-state index contributed by atoms with van der Waals surface area (Å²) in [6.07, 6.45) is -0.270. The van der Waals surface area contributed by atoms with E-state index in [1.807, 2.05) is 65.0 Å². The Bertz CT molecular complexity index is 405. The standard InChI is InChI=1S/C15H22O2.C2H6/c1-13(2)14(3,4)17-12(15(13,5)16)11-9-7-6-8-10-11;1-2/h6-10,12,16H,1-5H3;1-2H3. The van der Waals surface area contributed by atoms with Crippen molar-refractivity contribution in [1.82, 2.24) is 0 Å². The van der Waals surface area contributed by atoms with Crippen LogP contribution in [0.3, 0.4) is 0 Å². The zero-order valence-corrected chi connectivity index (χ0v) is 13.3. The van der Waals surface area contributed by atoms with Gasteiger partial charge in [-0.1, -0.05) is 58.0 Å². The largest absolute Gasteiger partial charge is 0.386 e. The number of hydrogen-bond donors (Lipinski definition) is 1. The molecule has 0 aliphatic carbocycles. The Morgan fingerprint density at radius 3 is 1.79 bits per heavy atom. The molecule has 0 spiro atoms. The minimum atomic E-state index is -0.877. The first-order chi connectivity index (χ1) is 8.70. The third kappa shape index (κ3) is 2.44. The normalized spacial score (nSPS) is 31.5. The van der Waals surface area contributed by atoms with E-state index in [2.05, 4.69) is 13.8 Å². The van der Waals surface area contributed by atoms with Crippen LogP contribution in [0.25, 0.3) is 0 Å². The first kappa shape index (κ1) is 16.2. The molecule has 2 unspecified atom stereocenters. The molecule has 0 radical (unpaired) electrons. The lowest BCUT2D eigenvalue weighted by Crippen LogP contribution is -2.48. The van der Waals surface area contributed by atoms with E-state index < -0.39 is 5.60 Å². The fourth-order valence-electron chi connectivity index (χ4n) is 2.51. The summed E-state index contributed by atoms with van der Waals surface area (Å²) >= 11 is 0. The van der Waals surface area contributed by atoms with Gasteiger partial charge < -0.3 is 9.84 Å². The summed E-state index contributed by atoms with van der Waals surface area (Å²) in [4.78, 5) is 0. The number of hydrogen-bond acceptors (Lipinski definition) is 2. The highest BCUT2D eigenvalue weighted by molar-refractivity contribution is 5.25. The number of ether oxygens (including phenoxy) is 1. The van der Waals surface area contributed by atoms with Crippen LogP contribution in [-0.2, 0) is 4.74 Å². The van der Waals surface area contributed by atoms with Crippen molar-refractivity contribution in [2.45, 2.75) is 65.8 Å². The molecule has 1 aromatic rings. The third-order valence-electron chi connectivity index (χ3n) is 4.80. The summed E-state index contributed by atoms with van der Waals surface area (Å²) in [6, 6.07) is 9.96. The van der Waals surface area contributed by atoms with Gasteiger partial charge in [-0.15, -0.1) is 0 Å². The predicted molar refractivity (Wildman–Crippen MR) is 80.1 cm³/mol. The second-order valence-electron chi connectivity index (χ2n) is 6.19. The van der Waals surface area contributed by atoms with Gasteiger partial charge in [0.2, 0.25) is 0 Å². The first-order valence-corrected chi connectivity index (χ1v) is 7.15. The van der Waals surface area contributed by atoms with E-state index in [4.69, 9.17) is 4.74 Å². The Morgan fingerprint density at radius 2 is 1.42 bits per heavy atom. The van der Waals surface area contributed by atoms with Gasteiger partial charge in [0.05, 0.1) is 11.2 Å². The number of aliphatic hydroxyl groups is 1. The summed E-state index contributed by atoms with van der Waals surface area (Å²) < 4.78 is 6.12. The molecule has 1 N–H and O–H groups in total. The molecule has 2 rings (SSSR count). The SMILES string of the molecule is CC.CC1(C)OC(c2ccccc2)C(C)(O)C1(C)C. The number of benzene rings is 1. The minimum Gasteiger partial charge on any atom is -0.386 e. The summed E-state index contributed by atoms with van der Waals surface area (Å²) in [5, 5.41) is 10.8. The van der Waals surface area contributed by atoms with E-state index in [1.165, 1.54) is 0 Å². The van der Waals surface area contributed by atoms with Gasteiger partial charge in [0, 0.05) is 5.41 Å². The van der Waals surface area contributed by atoms with Crippen LogP contribution in [0.2, 0.25) is 0 Å². The van der Waals surface area contributed by atoms with Crippen molar-refractivity contribution in [2.24, 2.45) is 5.41 Å². The van der Waals surface area contributed by atoms with Gasteiger partial charge in [0.15, 0.2) is 0 Å². The van der Waals surface area contributed by atoms with Gasteiger partial charge in [-0.3, -0.25) is 0 Å². The summed E-state index contributed by atoms with van der Waals surface area (Å²) in [6.45, 7) is 14.1. The highest BCUT2D eigenvalue weighted by atomic mass is 16.5. The van der Waals surface area contributed by atoms with Crippen LogP contribution >= 0.6 is 0 Å². The molecule has 1 saturated heterocycles. The van der Waals surface area contributed by atoms with Crippen molar-refractivity contribution >= 4 is 0 Å². The van der Waals surface area contributed by atoms with Crippen molar-refractivity contribution in [3.05, 3.63) is 35.9 Å². The Labute approximate surface area is 117 Å². The average molecular weight is 264 g/mol.